The maximum absolute atomic E-state index is 2.55. The molecule has 0 heterocycles. The van der Waals surface area contributed by atoms with Gasteiger partial charge >= 0.3 is 0 Å². The van der Waals surface area contributed by atoms with Gasteiger partial charge in [0.15, 0.2) is 0 Å². The third kappa shape index (κ3) is 3.88. The molecule has 54 heavy (non-hydrogen) atoms. The second-order valence-corrected chi connectivity index (χ2v) is 14.8. The molecule has 1 spiro atoms. The highest BCUT2D eigenvalue weighted by atomic mass is 15.1. The fraction of sp³-hybridized carbons (Fsp3) is 0.0189. The molecule has 10 aromatic rings. The Hall–Kier alpha value is -6.96. The molecule has 0 aromatic heterocycles. The van der Waals surface area contributed by atoms with Gasteiger partial charge in [0.25, 0.3) is 0 Å². The molecule has 1 heteroatoms. The van der Waals surface area contributed by atoms with Gasteiger partial charge in [-0.1, -0.05) is 152 Å². The van der Waals surface area contributed by atoms with Crippen LogP contribution >= 0.6 is 0 Å². The van der Waals surface area contributed by atoms with Crippen molar-refractivity contribution >= 4 is 60.2 Å². The van der Waals surface area contributed by atoms with Crippen LogP contribution in [0.2, 0.25) is 0 Å². The minimum Gasteiger partial charge on any atom is -0.310 e. The van der Waals surface area contributed by atoms with E-state index in [1.807, 2.05) is 0 Å². The molecule has 250 valence electrons. The molecule has 2 aliphatic carbocycles. The summed E-state index contributed by atoms with van der Waals surface area (Å²) in [6.45, 7) is 0. The Morgan fingerprint density at radius 1 is 0.259 bits per heavy atom. The maximum Gasteiger partial charge on any atom is 0.0726 e. The molecule has 0 radical (unpaired) electrons. The van der Waals surface area contributed by atoms with E-state index >= 15 is 0 Å². The monoisotopic (exact) mass is 683 g/mol. The lowest BCUT2D eigenvalue weighted by molar-refractivity contribution is 0.795. The van der Waals surface area contributed by atoms with Crippen LogP contribution < -0.4 is 4.90 Å². The Bertz CT molecular complexity index is 3130. The fourth-order valence-corrected chi connectivity index (χ4v) is 10.0. The van der Waals surface area contributed by atoms with Crippen LogP contribution in [0, 0.1) is 0 Å². The van der Waals surface area contributed by atoms with Crippen LogP contribution in [0.15, 0.2) is 200 Å². The van der Waals surface area contributed by atoms with Gasteiger partial charge in [-0.05, 0) is 136 Å². The number of anilines is 3. The first kappa shape index (κ1) is 29.6. The van der Waals surface area contributed by atoms with Crippen molar-refractivity contribution in [3.05, 3.63) is 222 Å². The van der Waals surface area contributed by atoms with Gasteiger partial charge < -0.3 is 4.90 Å². The predicted octanol–water partition coefficient (Wildman–Crippen LogP) is 14.1. The number of para-hydroxylation sites is 1. The van der Waals surface area contributed by atoms with E-state index in [0.717, 1.165) is 17.1 Å². The molecule has 0 unspecified atom stereocenters. The van der Waals surface area contributed by atoms with Gasteiger partial charge in [-0.25, -0.2) is 0 Å². The summed E-state index contributed by atoms with van der Waals surface area (Å²) in [7, 11) is 0. The second kappa shape index (κ2) is 11.0. The SMILES string of the molecule is c1ccc(N(c2ccc3c(c2)C2(c4ccccc4-c4ccccc42)c2cc4c5ccccc5c5ccccc5c4cc2-3)c2ccc3ccccc3c2)cc1. The van der Waals surface area contributed by atoms with Crippen molar-refractivity contribution in [2.45, 2.75) is 5.41 Å². The first-order chi connectivity index (χ1) is 26.8. The Morgan fingerprint density at radius 3 is 1.43 bits per heavy atom. The molecule has 0 fully saturated rings. The summed E-state index contributed by atoms with van der Waals surface area (Å²) in [5.74, 6) is 0. The molecule has 0 aliphatic heterocycles. The van der Waals surface area contributed by atoms with Gasteiger partial charge in [0.1, 0.15) is 0 Å². The van der Waals surface area contributed by atoms with Crippen LogP contribution in [0.25, 0.3) is 65.3 Å². The largest absolute Gasteiger partial charge is 0.310 e. The van der Waals surface area contributed by atoms with E-state index in [4.69, 9.17) is 0 Å². The van der Waals surface area contributed by atoms with Gasteiger partial charge in [-0.3, -0.25) is 0 Å². The molecule has 0 saturated carbocycles. The minimum absolute atomic E-state index is 0.486. The lowest BCUT2D eigenvalue weighted by atomic mass is 9.70. The first-order valence-electron chi connectivity index (χ1n) is 18.8. The Balaban J connectivity index is 1.21. The molecule has 0 atom stereocenters. The van der Waals surface area contributed by atoms with Crippen molar-refractivity contribution in [2.24, 2.45) is 0 Å². The highest BCUT2D eigenvalue weighted by Crippen LogP contribution is 2.64. The highest BCUT2D eigenvalue weighted by Gasteiger charge is 2.52. The van der Waals surface area contributed by atoms with Gasteiger partial charge in [-0.2, -0.15) is 0 Å². The van der Waals surface area contributed by atoms with E-state index in [1.165, 1.54) is 87.6 Å². The molecule has 0 saturated heterocycles. The third-order valence-electron chi connectivity index (χ3n) is 12.2. The van der Waals surface area contributed by atoms with Gasteiger partial charge in [0.2, 0.25) is 0 Å². The summed E-state index contributed by atoms with van der Waals surface area (Å²) in [4.78, 5) is 2.42. The molecule has 0 amide bonds. The number of fused-ring (bicyclic) bond motifs is 17. The lowest BCUT2D eigenvalue weighted by Crippen LogP contribution is -2.26. The number of nitrogens with zero attached hydrogens (tertiary/aromatic N) is 1. The molecule has 0 bridgehead atoms. The second-order valence-electron chi connectivity index (χ2n) is 14.8. The summed E-state index contributed by atoms with van der Waals surface area (Å²) in [5, 5.41) is 10.3. The van der Waals surface area contributed by atoms with Gasteiger partial charge in [0, 0.05) is 17.1 Å². The zero-order valence-corrected chi connectivity index (χ0v) is 29.5. The van der Waals surface area contributed by atoms with E-state index < -0.39 is 5.41 Å². The average Bonchev–Trinajstić information content (AvgIpc) is 3.70. The van der Waals surface area contributed by atoms with Crippen molar-refractivity contribution in [1.29, 1.82) is 0 Å². The average molecular weight is 684 g/mol. The molecule has 0 N–H and O–H groups in total. The third-order valence-corrected chi connectivity index (χ3v) is 12.2. The molecule has 2 aliphatic rings. The van der Waals surface area contributed by atoms with Crippen molar-refractivity contribution in [3.63, 3.8) is 0 Å². The van der Waals surface area contributed by atoms with Crippen LogP contribution in [0.4, 0.5) is 17.1 Å². The summed E-state index contributed by atoms with van der Waals surface area (Å²) in [6, 6.07) is 74.7. The van der Waals surface area contributed by atoms with E-state index in [1.54, 1.807) is 0 Å². The predicted molar refractivity (Wildman–Crippen MR) is 227 cm³/mol. The quantitative estimate of drug-likeness (QED) is 0.168. The topological polar surface area (TPSA) is 3.24 Å². The fourth-order valence-electron chi connectivity index (χ4n) is 10.0. The summed E-state index contributed by atoms with van der Waals surface area (Å²) in [5.41, 5.74) is 13.6. The van der Waals surface area contributed by atoms with E-state index in [0.29, 0.717) is 0 Å². The zero-order chi connectivity index (χ0) is 35.4. The van der Waals surface area contributed by atoms with Crippen molar-refractivity contribution in [3.8, 4) is 22.3 Å². The minimum atomic E-state index is -0.486. The number of rotatable bonds is 3. The van der Waals surface area contributed by atoms with Gasteiger partial charge in [0.05, 0.1) is 5.41 Å². The van der Waals surface area contributed by atoms with E-state index in [9.17, 15) is 0 Å². The van der Waals surface area contributed by atoms with Crippen LogP contribution in [-0.4, -0.2) is 0 Å². The summed E-state index contributed by atoms with van der Waals surface area (Å²) < 4.78 is 0. The summed E-state index contributed by atoms with van der Waals surface area (Å²) in [6.07, 6.45) is 0. The summed E-state index contributed by atoms with van der Waals surface area (Å²) >= 11 is 0. The van der Waals surface area contributed by atoms with Crippen LogP contribution in [-0.2, 0) is 5.41 Å². The first-order valence-corrected chi connectivity index (χ1v) is 18.8. The van der Waals surface area contributed by atoms with Crippen molar-refractivity contribution < 1.29 is 0 Å². The lowest BCUT2D eigenvalue weighted by Gasteiger charge is -2.32. The van der Waals surface area contributed by atoms with E-state index in [2.05, 4.69) is 205 Å². The van der Waals surface area contributed by atoms with Crippen molar-refractivity contribution in [1.82, 2.24) is 0 Å². The Morgan fingerprint density at radius 2 is 0.741 bits per heavy atom. The maximum atomic E-state index is 2.55. The molecular weight excluding hydrogens is 651 g/mol. The van der Waals surface area contributed by atoms with Crippen LogP contribution in [0.1, 0.15) is 22.3 Å². The normalized spacial score (nSPS) is 13.3. The standard InChI is InChI=1S/C53H33N/c1-2-16-36(17-3-1)54(37-27-26-34-14-4-5-15-35(34)30-37)38-28-29-45-48-32-46-41-20-8-6-18-39(41)40-19-7-9-21-42(40)47(46)33-52(48)53(51(45)31-38)49-24-12-10-22-43(49)44-23-11-13-25-50(44)53/h1-33H. The Kier molecular flexibility index (Phi) is 6.04. The highest BCUT2D eigenvalue weighted by molar-refractivity contribution is 6.26. The van der Waals surface area contributed by atoms with E-state index in [-0.39, 0.29) is 0 Å². The number of benzene rings is 10. The number of hydrogen-bond donors (Lipinski definition) is 0. The van der Waals surface area contributed by atoms with Crippen LogP contribution in [0.3, 0.4) is 0 Å². The Labute approximate surface area is 314 Å². The molecule has 1 nitrogen and oxygen atoms in total. The number of hydrogen-bond acceptors (Lipinski definition) is 1. The molecule has 12 rings (SSSR count). The molecular formula is C53H33N. The smallest absolute Gasteiger partial charge is 0.0726 e. The van der Waals surface area contributed by atoms with Crippen molar-refractivity contribution in [2.75, 3.05) is 4.90 Å². The zero-order valence-electron chi connectivity index (χ0n) is 29.5. The van der Waals surface area contributed by atoms with Gasteiger partial charge in [-0.15, -0.1) is 0 Å². The van der Waals surface area contributed by atoms with Crippen LogP contribution in [0.5, 0.6) is 0 Å². The molecule has 10 aromatic carbocycles.